The molecule has 2 atom stereocenters. The third-order valence-corrected chi connectivity index (χ3v) is 17.8. The number of hydrogen-bond acceptors (Lipinski definition) is 10. The van der Waals surface area contributed by atoms with Crippen molar-refractivity contribution in [2.45, 2.75) is 102 Å². The third-order valence-electron chi connectivity index (χ3n) is 17.4. The lowest BCUT2D eigenvalue weighted by Crippen LogP contribution is -2.49. The Balaban J connectivity index is 0.720. The number of carbonyl (C=O) groups is 3. The number of aryl methyl sites for hydroxylation is 1. The number of nitrogens with two attached hydrogens (primary N) is 1. The minimum atomic E-state index is -1.03. The van der Waals surface area contributed by atoms with Gasteiger partial charge in [0.2, 0.25) is 11.8 Å². The maximum atomic E-state index is 16.5. The zero-order valence-electron chi connectivity index (χ0n) is 43.6. The molecule has 5 heterocycles. The number of aliphatic hydroxyl groups is 1. The number of piperidine rings is 2. The number of anilines is 1. The monoisotopic (exact) mass is 1050 g/mol. The number of nitrogens with zero attached hydrogens (tertiary/aromatic N) is 5. The van der Waals surface area contributed by atoms with Gasteiger partial charge in [-0.3, -0.25) is 24.5 Å². The molecule has 2 unspecified atom stereocenters. The highest BCUT2D eigenvalue weighted by molar-refractivity contribution is 6.34. The molecule has 5 aliphatic rings. The second kappa shape index (κ2) is 21.8. The van der Waals surface area contributed by atoms with E-state index in [0.29, 0.717) is 42.2 Å². The molecule has 4 aromatic carbocycles. The smallest absolute Gasteiger partial charge is 0.329 e. The van der Waals surface area contributed by atoms with E-state index in [1.807, 2.05) is 49.0 Å². The second-order valence-electron chi connectivity index (χ2n) is 22.5. The van der Waals surface area contributed by atoms with Gasteiger partial charge in [-0.2, -0.15) is 5.10 Å². The Morgan fingerprint density at radius 1 is 0.947 bits per heavy atom. The van der Waals surface area contributed by atoms with Crippen LogP contribution >= 0.6 is 11.6 Å². The van der Waals surface area contributed by atoms with E-state index in [2.05, 4.69) is 57.6 Å². The summed E-state index contributed by atoms with van der Waals surface area (Å²) in [6, 6.07) is 20.0. The first-order chi connectivity index (χ1) is 36.0. The van der Waals surface area contributed by atoms with E-state index in [1.165, 1.54) is 36.6 Å². The summed E-state index contributed by atoms with van der Waals surface area (Å²) in [7, 11) is 1.91. The van der Waals surface area contributed by atoms with Crippen molar-refractivity contribution in [3.8, 4) is 22.6 Å². The van der Waals surface area contributed by atoms with Gasteiger partial charge in [0, 0.05) is 79.8 Å². The van der Waals surface area contributed by atoms with Crippen LogP contribution in [-0.2, 0) is 17.4 Å². The highest BCUT2D eigenvalue weighted by Gasteiger charge is 2.50. The van der Waals surface area contributed by atoms with E-state index in [9.17, 15) is 19.5 Å². The molecule has 1 saturated carbocycles. The molecule has 4 fully saturated rings. The number of primary amides is 1. The van der Waals surface area contributed by atoms with Crippen molar-refractivity contribution in [1.82, 2.24) is 30.2 Å². The number of aromatic nitrogens is 2. The first-order valence-corrected chi connectivity index (χ1v) is 27.3. The average molecular weight is 1050 g/mol. The molecular weight excluding hydrogens is 978 g/mol. The summed E-state index contributed by atoms with van der Waals surface area (Å²) in [6.07, 6.45) is 9.14. The number of ether oxygens (including phenoxy) is 2. The quantitative estimate of drug-likeness (QED) is 0.0748. The van der Waals surface area contributed by atoms with Crippen LogP contribution < -0.4 is 30.7 Å². The lowest BCUT2D eigenvalue weighted by molar-refractivity contribution is -0.120. The summed E-state index contributed by atoms with van der Waals surface area (Å²) < 4.78 is 46.6. The summed E-state index contributed by atoms with van der Waals surface area (Å²) in [4.78, 5) is 44.1. The number of carbonyl (C=O) groups excluding carboxylic acids is 3. The molecule has 0 bridgehead atoms. The van der Waals surface area contributed by atoms with E-state index in [-0.39, 0.29) is 70.2 Å². The third kappa shape index (κ3) is 10.5. The minimum Gasteiger partial charge on any atom is -0.488 e. The molecule has 1 aromatic heterocycles. The number of rotatable bonds is 16. The van der Waals surface area contributed by atoms with E-state index in [1.54, 1.807) is 4.90 Å². The van der Waals surface area contributed by atoms with Crippen LogP contribution in [0.2, 0.25) is 5.02 Å². The molecule has 1 aliphatic carbocycles. The SMILES string of the molecule is CC1c2c(cc(F)c(Cl)c2-c2c(C(N)=O)ccc(OCCO)c2F)OC1(CNC1CCC(CN2CCC(C(C)(C)CN3CCC(c4ccc5c(N6CCC(=O)NC6=O)nn(C)c5c4)CC3)CC2)CC1)c1ccccc1. The summed E-state index contributed by atoms with van der Waals surface area (Å²) >= 11 is 6.76. The molecule has 75 heavy (non-hydrogen) atoms. The molecule has 17 heteroatoms. The van der Waals surface area contributed by atoms with Gasteiger partial charge in [0.15, 0.2) is 23.0 Å². The first kappa shape index (κ1) is 52.8. The Hall–Kier alpha value is -5.65. The maximum Gasteiger partial charge on any atom is 0.329 e. The normalized spacial score (nSPS) is 23.4. The van der Waals surface area contributed by atoms with E-state index >= 15 is 8.78 Å². The molecule has 5 N–H and O–H groups in total. The summed E-state index contributed by atoms with van der Waals surface area (Å²) in [5.41, 5.74) is 8.15. The van der Waals surface area contributed by atoms with Crippen molar-refractivity contribution >= 4 is 46.2 Å². The summed E-state index contributed by atoms with van der Waals surface area (Å²) in [5, 5.41) is 20.9. The van der Waals surface area contributed by atoms with Gasteiger partial charge in [0.25, 0.3) is 0 Å². The Labute approximate surface area is 443 Å². The van der Waals surface area contributed by atoms with Gasteiger partial charge in [0.05, 0.1) is 22.7 Å². The molecule has 10 rings (SSSR count). The van der Waals surface area contributed by atoms with Gasteiger partial charge in [-0.05, 0) is 136 Å². The highest BCUT2D eigenvalue weighted by Crippen LogP contribution is 2.57. The molecule has 0 radical (unpaired) electrons. The molecular formula is C58H71ClF2N8O6. The number of urea groups is 1. The lowest BCUT2D eigenvalue weighted by Gasteiger charge is -2.45. The van der Waals surface area contributed by atoms with Gasteiger partial charge in [-0.25, -0.2) is 13.6 Å². The van der Waals surface area contributed by atoms with Crippen molar-refractivity contribution < 1.29 is 37.7 Å². The van der Waals surface area contributed by atoms with Crippen molar-refractivity contribution in [3.05, 3.63) is 106 Å². The number of benzene rings is 4. The highest BCUT2D eigenvalue weighted by atomic mass is 35.5. The van der Waals surface area contributed by atoms with Crippen molar-refractivity contribution in [3.63, 3.8) is 0 Å². The first-order valence-electron chi connectivity index (χ1n) is 26.9. The standard InChI is InChI=1S/C58H71ClF2N8O6/c1-35-49-47(31-44(60)52(59)51(49)50-43(54(62)72)16-17-46(53(50)61)74-29-28-70)75-58(35,40-8-6-5-7-9-40)33-63-41-13-10-36(11-14-41)32-67-25-20-39(21-26-67)57(2,3)34-68-23-18-37(19-24-68)38-12-15-42-45(30-38)66(4)65-55(42)69-27-22-48(71)64-56(69)73/h5-9,12,15-17,30-31,35-37,39,41,63,70H,10-11,13-14,18-29,32-34H2,1-4H3,(H2,62,72)(H,64,71,73). The summed E-state index contributed by atoms with van der Waals surface area (Å²) in [6.45, 7) is 13.7. The number of nitrogens with one attached hydrogen (secondary N) is 2. The molecule has 0 spiro atoms. The van der Waals surface area contributed by atoms with Crippen LogP contribution in [0.3, 0.4) is 0 Å². The number of aliphatic hydroxyl groups excluding tert-OH is 1. The van der Waals surface area contributed by atoms with Crippen molar-refractivity contribution in [1.29, 1.82) is 0 Å². The van der Waals surface area contributed by atoms with E-state index in [4.69, 9.17) is 26.8 Å². The number of likely N-dealkylation sites (tertiary alicyclic amines) is 2. The van der Waals surface area contributed by atoms with E-state index < -0.39 is 35.1 Å². The number of hydrogen-bond donors (Lipinski definition) is 4. The molecule has 4 aliphatic heterocycles. The van der Waals surface area contributed by atoms with Crippen LogP contribution in [0, 0.1) is 28.9 Å². The topological polar surface area (TPSA) is 168 Å². The zero-order valence-corrected chi connectivity index (χ0v) is 44.4. The fourth-order valence-corrected chi connectivity index (χ4v) is 13.5. The Kier molecular flexibility index (Phi) is 15.3. The number of amides is 4. The molecule has 3 saturated heterocycles. The Morgan fingerprint density at radius 3 is 2.36 bits per heavy atom. The van der Waals surface area contributed by atoms with Crippen LogP contribution in [0.25, 0.3) is 22.0 Å². The predicted molar refractivity (Wildman–Crippen MR) is 286 cm³/mol. The zero-order chi connectivity index (χ0) is 52.8. The average Bonchev–Trinajstić information content (AvgIpc) is 3.88. The van der Waals surface area contributed by atoms with Crippen LogP contribution in [0.5, 0.6) is 11.5 Å². The van der Waals surface area contributed by atoms with Crippen LogP contribution in [0.1, 0.15) is 117 Å². The Bertz CT molecular complexity index is 2930. The molecule has 5 aromatic rings. The number of fused-ring (bicyclic) bond motifs is 2. The fourth-order valence-electron chi connectivity index (χ4n) is 13.2. The molecule has 4 amide bonds. The van der Waals surface area contributed by atoms with Crippen LogP contribution in [0.15, 0.2) is 66.7 Å². The van der Waals surface area contributed by atoms with Gasteiger partial charge in [0.1, 0.15) is 18.2 Å². The number of imide groups is 1. The van der Waals surface area contributed by atoms with Gasteiger partial charge >= 0.3 is 6.03 Å². The largest absolute Gasteiger partial charge is 0.488 e. The van der Waals surface area contributed by atoms with Crippen LogP contribution in [-0.4, -0.2) is 114 Å². The Morgan fingerprint density at radius 2 is 1.67 bits per heavy atom. The van der Waals surface area contributed by atoms with Crippen molar-refractivity contribution in [2.24, 2.45) is 30.0 Å². The molecule has 400 valence electrons. The second-order valence-corrected chi connectivity index (χ2v) is 22.8. The maximum absolute atomic E-state index is 16.5. The predicted octanol–water partition coefficient (Wildman–Crippen LogP) is 9.25. The van der Waals surface area contributed by atoms with E-state index in [0.717, 1.165) is 94.3 Å². The van der Waals surface area contributed by atoms with Gasteiger partial charge < -0.3 is 35.4 Å². The van der Waals surface area contributed by atoms with Gasteiger partial charge in [-0.1, -0.05) is 68.8 Å². The summed E-state index contributed by atoms with van der Waals surface area (Å²) in [5.74, 6) is -1.10. The van der Waals surface area contributed by atoms with Crippen molar-refractivity contribution in [2.75, 3.05) is 70.5 Å². The van der Waals surface area contributed by atoms with Gasteiger partial charge in [-0.15, -0.1) is 0 Å². The molecule has 14 nitrogen and oxygen atoms in total. The lowest BCUT2D eigenvalue weighted by atomic mass is 9.72. The number of halogens is 3. The minimum absolute atomic E-state index is 0.0101. The fraction of sp³-hybridized carbons (Fsp3) is 0.517. The van der Waals surface area contributed by atoms with Crippen LogP contribution in [0.4, 0.5) is 19.4 Å².